The van der Waals surface area contributed by atoms with Crippen molar-refractivity contribution in [1.82, 2.24) is 5.32 Å². The number of carbonyl (C=O) groups excluding carboxylic acids is 2. The van der Waals surface area contributed by atoms with Crippen LogP contribution in [0.2, 0.25) is 5.02 Å². The van der Waals surface area contributed by atoms with Gasteiger partial charge in [-0.2, -0.15) is 0 Å². The number of hydrogen-bond acceptors (Lipinski definition) is 5. The van der Waals surface area contributed by atoms with E-state index in [1.165, 1.54) is 19.1 Å². The lowest BCUT2D eigenvalue weighted by atomic mass is 9.74. The molecule has 2 aromatic rings. The quantitative estimate of drug-likeness (QED) is 0.478. The molecule has 7 nitrogen and oxygen atoms in total. The number of sulfone groups is 1. The second kappa shape index (κ2) is 9.68. The van der Waals surface area contributed by atoms with E-state index in [1.54, 1.807) is 0 Å². The number of hydrogen-bond donors (Lipinski definition) is 3. The van der Waals surface area contributed by atoms with Crippen molar-refractivity contribution in [2.75, 3.05) is 11.9 Å². The van der Waals surface area contributed by atoms with E-state index >= 15 is 0 Å². The van der Waals surface area contributed by atoms with Crippen molar-refractivity contribution in [2.24, 2.45) is 11.8 Å². The predicted octanol–water partition coefficient (Wildman–Crippen LogP) is 3.84. The van der Waals surface area contributed by atoms with Gasteiger partial charge in [-0.25, -0.2) is 21.6 Å². The molecule has 2 saturated carbocycles. The van der Waals surface area contributed by atoms with Crippen molar-refractivity contribution < 1.29 is 36.3 Å². The molecule has 3 N–H and O–H groups in total. The molecule has 2 fully saturated rings. The number of anilines is 1. The maximum absolute atomic E-state index is 13.6. The molecule has 4 rings (SSSR count). The van der Waals surface area contributed by atoms with E-state index in [4.69, 9.17) is 11.6 Å². The Hall–Kier alpha value is -2.63. The summed E-state index contributed by atoms with van der Waals surface area (Å²) in [5.41, 5.74) is -1.68. The minimum Gasteiger partial charge on any atom is -0.387 e. The van der Waals surface area contributed by atoms with Gasteiger partial charge in [-0.1, -0.05) is 11.6 Å². The summed E-state index contributed by atoms with van der Waals surface area (Å²) >= 11 is 6.20. The zero-order valence-electron chi connectivity index (χ0n) is 19.2. The minimum atomic E-state index is -4.03. The Kier molecular flexibility index (Phi) is 7.11. The van der Waals surface area contributed by atoms with Gasteiger partial charge in [0.2, 0.25) is 5.91 Å². The van der Waals surface area contributed by atoms with Crippen molar-refractivity contribution in [2.45, 2.75) is 48.4 Å². The molecular formula is C24H24ClF3N2O5S. The number of aliphatic hydroxyl groups is 1. The van der Waals surface area contributed by atoms with Crippen molar-refractivity contribution in [1.29, 1.82) is 0 Å². The minimum absolute atomic E-state index is 0.0470. The van der Waals surface area contributed by atoms with Gasteiger partial charge in [0.15, 0.2) is 27.3 Å². The van der Waals surface area contributed by atoms with Gasteiger partial charge in [0.1, 0.15) is 0 Å². The van der Waals surface area contributed by atoms with Crippen LogP contribution in [0.15, 0.2) is 35.2 Å². The fourth-order valence-electron chi connectivity index (χ4n) is 5.29. The highest BCUT2D eigenvalue weighted by atomic mass is 35.5. The first-order valence-corrected chi connectivity index (χ1v) is 13.2. The standard InChI is InChI=1S/C24H24ClF3N2O5S/c1-12(31)29-11-24(33)14-3-4-15(24)8-17(7-14)36(34,35)21-6-13(2-5-18(21)25)23(32)30-16-9-19(26)22(28)20(27)10-16/h2,5-6,9-10,14-15,17,33H,3-4,7-8,11H2,1H3,(H,29,31)(H,30,32)/t14-,15?,17-,24-/m0/s1. The van der Waals surface area contributed by atoms with E-state index in [9.17, 15) is 36.3 Å². The average Bonchev–Trinajstić information content (AvgIpc) is 2.97. The third-order valence-electron chi connectivity index (χ3n) is 7.17. The Labute approximate surface area is 210 Å². The molecule has 2 aliphatic carbocycles. The Morgan fingerprint density at radius 2 is 1.67 bits per heavy atom. The lowest BCUT2D eigenvalue weighted by Gasteiger charge is -2.42. The van der Waals surface area contributed by atoms with Crippen LogP contribution in [0.25, 0.3) is 0 Å². The van der Waals surface area contributed by atoms with E-state index in [-0.39, 0.29) is 58.3 Å². The molecule has 2 bridgehead atoms. The molecule has 4 atom stereocenters. The summed E-state index contributed by atoms with van der Waals surface area (Å²) in [5, 5.41) is 15.1. The van der Waals surface area contributed by atoms with Crippen molar-refractivity contribution in [3.63, 3.8) is 0 Å². The van der Waals surface area contributed by atoms with Gasteiger partial charge in [0, 0.05) is 36.9 Å². The largest absolute Gasteiger partial charge is 0.387 e. The summed E-state index contributed by atoms with van der Waals surface area (Å²) in [4.78, 5) is 23.7. The van der Waals surface area contributed by atoms with Crippen LogP contribution in [0.4, 0.5) is 18.9 Å². The maximum atomic E-state index is 13.6. The van der Waals surface area contributed by atoms with E-state index in [0.717, 1.165) is 6.07 Å². The molecule has 2 aliphatic rings. The van der Waals surface area contributed by atoms with Crippen LogP contribution in [0.3, 0.4) is 0 Å². The number of amides is 2. The summed E-state index contributed by atoms with van der Waals surface area (Å²) in [6.07, 6.45) is 1.56. The third-order valence-corrected chi connectivity index (χ3v) is 9.83. The maximum Gasteiger partial charge on any atom is 0.255 e. The molecule has 2 amide bonds. The molecule has 0 aromatic heterocycles. The summed E-state index contributed by atoms with van der Waals surface area (Å²) in [5.74, 6) is -6.50. The smallest absolute Gasteiger partial charge is 0.255 e. The summed E-state index contributed by atoms with van der Waals surface area (Å²) in [7, 11) is -4.03. The van der Waals surface area contributed by atoms with Gasteiger partial charge >= 0.3 is 0 Å². The first-order valence-electron chi connectivity index (χ1n) is 11.3. The summed E-state index contributed by atoms with van der Waals surface area (Å²) < 4.78 is 67.3. The Balaban J connectivity index is 1.57. The molecule has 0 saturated heterocycles. The van der Waals surface area contributed by atoms with E-state index in [1.807, 2.05) is 0 Å². The highest BCUT2D eigenvalue weighted by Crippen LogP contribution is 2.52. The van der Waals surface area contributed by atoms with Crippen LogP contribution in [0, 0.1) is 29.3 Å². The molecule has 0 radical (unpaired) electrons. The average molecular weight is 545 g/mol. The van der Waals surface area contributed by atoms with E-state index < -0.39 is 44.0 Å². The molecular weight excluding hydrogens is 521 g/mol. The number of rotatable bonds is 6. The number of halogens is 4. The first kappa shape index (κ1) is 26.4. The lowest BCUT2D eigenvalue weighted by Crippen LogP contribution is -2.54. The van der Waals surface area contributed by atoms with Gasteiger partial charge in [-0.05, 0) is 55.7 Å². The summed E-state index contributed by atoms with van der Waals surface area (Å²) in [6.45, 7) is 1.39. The molecule has 194 valence electrons. The van der Waals surface area contributed by atoms with Crippen LogP contribution in [-0.2, 0) is 14.6 Å². The zero-order chi connectivity index (χ0) is 26.4. The zero-order valence-corrected chi connectivity index (χ0v) is 20.7. The number of benzene rings is 2. The van der Waals surface area contributed by atoms with Crippen molar-refractivity contribution in [3.05, 3.63) is 58.4 Å². The Morgan fingerprint density at radius 1 is 1.08 bits per heavy atom. The molecule has 0 spiro atoms. The van der Waals surface area contributed by atoms with Gasteiger partial charge in [-0.3, -0.25) is 9.59 Å². The first-order chi connectivity index (χ1) is 16.8. The van der Waals surface area contributed by atoms with Crippen LogP contribution in [0.5, 0.6) is 0 Å². The normalized spacial score (nSPS) is 25.4. The molecule has 1 unspecified atom stereocenters. The molecule has 0 heterocycles. The van der Waals surface area contributed by atoms with Crippen LogP contribution in [0.1, 0.15) is 43.0 Å². The molecule has 12 heteroatoms. The van der Waals surface area contributed by atoms with Gasteiger partial charge < -0.3 is 15.7 Å². The lowest BCUT2D eigenvalue weighted by molar-refractivity contribution is -0.122. The molecule has 2 aromatic carbocycles. The van der Waals surface area contributed by atoms with Gasteiger partial charge in [0.25, 0.3) is 5.91 Å². The Morgan fingerprint density at radius 3 is 2.22 bits per heavy atom. The van der Waals surface area contributed by atoms with Crippen LogP contribution in [-0.4, -0.2) is 42.7 Å². The van der Waals surface area contributed by atoms with Gasteiger partial charge in [-0.15, -0.1) is 0 Å². The highest BCUT2D eigenvalue weighted by Gasteiger charge is 2.55. The number of nitrogens with one attached hydrogen (secondary N) is 2. The second-order valence-electron chi connectivity index (χ2n) is 9.36. The monoisotopic (exact) mass is 544 g/mol. The van der Waals surface area contributed by atoms with E-state index in [2.05, 4.69) is 10.6 Å². The van der Waals surface area contributed by atoms with Gasteiger partial charge in [0.05, 0.1) is 20.8 Å². The number of fused-ring (bicyclic) bond motifs is 2. The van der Waals surface area contributed by atoms with Crippen molar-refractivity contribution in [3.8, 4) is 0 Å². The van der Waals surface area contributed by atoms with Crippen LogP contribution >= 0.6 is 11.6 Å². The number of carbonyl (C=O) groups is 2. The topological polar surface area (TPSA) is 113 Å². The predicted molar refractivity (Wildman–Crippen MR) is 126 cm³/mol. The molecule has 0 aliphatic heterocycles. The SMILES string of the molecule is CC(=O)NC[C@@]1(O)C2CC[C@H]1C[C@H](S(=O)(=O)c1cc(C(=O)Nc3cc(F)c(F)c(F)c3)ccc1Cl)C2. The fraction of sp³-hybridized carbons (Fsp3) is 0.417. The third kappa shape index (κ3) is 4.83. The van der Waals surface area contributed by atoms with Crippen molar-refractivity contribution >= 4 is 38.9 Å². The highest BCUT2D eigenvalue weighted by molar-refractivity contribution is 7.92. The van der Waals surface area contributed by atoms with E-state index in [0.29, 0.717) is 25.0 Å². The summed E-state index contributed by atoms with van der Waals surface area (Å²) in [6, 6.07) is 4.78. The fourth-order valence-corrected chi connectivity index (χ4v) is 7.69. The second-order valence-corrected chi connectivity index (χ2v) is 12.0. The van der Waals surface area contributed by atoms with Crippen LogP contribution < -0.4 is 10.6 Å². The Bertz CT molecular complexity index is 1300. The molecule has 36 heavy (non-hydrogen) atoms.